The van der Waals surface area contributed by atoms with Crippen molar-refractivity contribution in [2.75, 3.05) is 32.2 Å². The molecule has 1 aliphatic heterocycles. The highest BCUT2D eigenvalue weighted by Gasteiger charge is 2.31. The number of aliphatic hydroxyl groups is 1. The maximum atomic E-state index is 10.0. The first kappa shape index (κ1) is 11.1. The van der Waals surface area contributed by atoms with E-state index in [0.717, 1.165) is 0 Å². The lowest BCUT2D eigenvalue weighted by molar-refractivity contribution is 0.0381. The number of rotatable bonds is 4. The number of anilines is 1. The standard InChI is InChI=1S/C10H15N3O3/c1-15-9-4-8(12-7-13-9)11-5-10(14)2-3-16-6-10/h4,7,14H,2-3,5-6H2,1H3,(H,11,12,13). The summed E-state index contributed by atoms with van der Waals surface area (Å²) in [7, 11) is 1.55. The van der Waals surface area contributed by atoms with Crippen LogP contribution in [0, 0.1) is 0 Å². The molecule has 1 aromatic heterocycles. The lowest BCUT2D eigenvalue weighted by Gasteiger charge is -2.20. The molecule has 6 heteroatoms. The second kappa shape index (κ2) is 4.63. The van der Waals surface area contributed by atoms with E-state index in [9.17, 15) is 5.11 Å². The molecule has 1 aromatic rings. The minimum Gasteiger partial charge on any atom is -0.481 e. The maximum Gasteiger partial charge on any atom is 0.218 e. The Kier molecular flexibility index (Phi) is 3.21. The van der Waals surface area contributed by atoms with Gasteiger partial charge in [0, 0.05) is 25.6 Å². The molecule has 1 unspecified atom stereocenters. The summed E-state index contributed by atoms with van der Waals surface area (Å²) < 4.78 is 10.1. The summed E-state index contributed by atoms with van der Waals surface area (Å²) in [6.07, 6.45) is 2.05. The summed E-state index contributed by atoms with van der Waals surface area (Å²) in [5, 5.41) is 13.1. The van der Waals surface area contributed by atoms with Gasteiger partial charge < -0.3 is 19.9 Å². The molecule has 0 amide bonds. The average Bonchev–Trinajstić information content (AvgIpc) is 2.75. The van der Waals surface area contributed by atoms with Crippen molar-refractivity contribution in [3.05, 3.63) is 12.4 Å². The summed E-state index contributed by atoms with van der Waals surface area (Å²) in [6.45, 7) is 1.38. The van der Waals surface area contributed by atoms with E-state index in [-0.39, 0.29) is 0 Å². The van der Waals surface area contributed by atoms with Gasteiger partial charge in [0.25, 0.3) is 0 Å². The summed E-state index contributed by atoms with van der Waals surface area (Å²) in [4.78, 5) is 7.92. The van der Waals surface area contributed by atoms with Gasteiger partial charge in [-0.3, -0.25) is 0 Å². The fourth-order valence-electron chi connectivity index (χ4n) is 1.54. The molecule has 2 rings (SSSR count). The molecule has 0 bridgehead atoms. The van der Waals surface area contributed by atoms with E-state index < -0.39 is 5.60 Å². The molecular weight excluding hydrogens is 210 g/mol. The molecule has 88 valence electrons. The highest BCUT2D eigenvalue weighted by Crippen LogP contribution is 2.19. The first-order valence-corrected chi connectivity index (χ1v) is 5.12. The van der Waals surface area contributed by atoms with Crippen LogP contribution in [-0.2, 0) is 4.74 Å². The van der Waals surface area contributed by atoms with Crippen molar-refractivity contribution in [1.82, 2.24) is 9.97 Å². The van der Waals surface area contributed by atoms with Gasteiger partial charge in [-0.25, -0.2) is 9.97 Å². The summed E-state index contributed by atoms with van der Waals surface area (Å²) in [5.74, 6) is 1.12. The third-order valence-electron chi connectivity index (χ3n) is 2.53. The van der Waals surface area contributed by atoms with Crippen LogP contribution in [0.1, 0.15) is 6.42 Å². The van der Waals surface area contributed by atoms with Crippen LogP contribution in [-0.4, -0.2) is 47.5 Å². The number of nitrogens with zero attached hydrogens (tertiary/aromatic N) is 2. The number of nitrogens with one attached hydrogen (secondary N) is 1. The van der Waals surface area contributed by atoms with E-state index in [1.54, 1.807) is 13.2 Å². The molecule has 0 spiro atoms. The molecule has 1 fully saturated rings. The van der Waals surface area contributed by atoms with Gasteiger partial charge in [-0.2, -0.15) is 0 Å². The van der Waals surface area contributed by atoms with Crippen LogP contribution in [0.5, 0.6) is 5.88 Å². The normalized spacial score (nSPS) is 24.4. The molecule has 0 aliphatic carbocycles. The highest BCUT2D eigenvalue weighted by molar-refractivity contribution is 5.37. The van der Waals surface area contributed by atoms with Crippen molar-refractivity contribution < 1.29 is 14.6 Å². The van der Waals surface area contributed by atoms with Crippen LogP contribution in [0.25, 0.3) is 0 Å². The second-order valence-electron chi connectivity index (χ2n) is 3.83. The zero-order chi connectivity index (χ0) is 11.4. The summed E-state index contributed by atoms with van der Waals surface area (Å²) in [6, 6.07) is 1.68. The third-order valence-corrected chi connectivity index (χ3v) is 2.53. The van der Waals surface area contributed by atoms with Crippen LogP contribution in [0.15, 0.2) is 12.4 Å². The fourth-order valence-corrected chi connectivity index (χ4v) is 1.54. The van der Waals surface area contributed by atoms with Gasteiger partial charge in [-0.15, -0.1) is 0 Å². The Morgan fingerprint density at radius 1 is 1.62 bits per heavy atom. The van der Waals surface area contributed by atoms with E-state index in [1.807, 2.05) is 0 Å². The van der Waals surface area contributed by atoms with E-state index in [1.165, 1.54) is 6.33 Å². The molecular formula is C10H15N3O3. The number of ether oxygens (including phenoxy) is 2. The van der Waals surface area contributed by atoms with Gasteiger partial charge >= 0.3 is 0 Å². The van der Waals surface area contributed by atoms with Crippen LogP contribution in [0.2, 0.25) is 0 Å². The van der Waals surface area contributed by atoms with Gasteiger partial charge in [-0.05, 0) is 0 Å². The van der Waals surface area contributed by atoms with E-state index >= 15 is 0 Å². The van der Waals surface area contributed by atoms with E-state index in [0.29, 0.717) is 37.9 Å². The minimum absolute atomic E-state index is 0.363. The lowest BCUT2D eigenvalue weighted by Crippen LogP contribution is -2.37. The zero-order valence-electron chi connectivity index (χ0n) is 9.14. The Balaban J connectivity index is 1.93. The summed E-state index contributed by atoms with van der Waals surface area (Å²) in [5.41, 5.74) is -0.793. The molecule has 0 saturated carbocycles. The van der Waals surface area contributed by atoms with Gasteiger partial charge in [0.1, 0.15) is 17.7 Å². The number of hydrogen-bond acceptors (Lipinski definition) is 6. The SMILES string of the molecule is COc1cc(NCC2(O)CCOC2)ncn1. The number of hydrogen-bond donors (Lipinski definition) is 2. The summed E-state index contributed by atoms with van der Waals surface area (Å²) >= 11 is 0. The van der Waals surface area contributed by atoms with E-state index in [4.69, 9.17) is 9.47 Å². The van der Waals surface area contributed by atoms with Crippen LogP contribution in [0.3, 0.4) is 0 Å². The number of aromatic nitrogens is 2. The minimum atomic E-state index is -0.793. The highest BCUT2D eigenvalue weighted by atomic mass is 16.5. The van der Waals surface area contributed by atoms with Crippen molar-refractivity contribution in [3.63, 3.8) is 0 Å². The first-order valence-electron chi connectivity index (χ1n) is 5.12. The monoisotopic (exact) mass is 225 g/mol. The lowest BCUT2D eigenvalue weighted by atomic mass is 10.0. The fraction of sp³-hybridized carbons (Fsp3) is 0.600. The Hall–Kier alpha value is -1.40. The molecule has 1 aliphatic rings. The predicted octanol–water partition coefficient (Wildman–Crippen LogP) is 0.0485. The van der Waals surface area contributed by atoms with Gasteiger partial charge in [0.05, 0.1) is 13.7 Å². The van der Waals surface area contributed by atoms with Gasteiger partial charge in [-0.1, -0.05) is 0 Å². The van der Waals surface area contributed by atoms with E-state index in [2.05, 4.69) is 15.3 Å². The molecule has 16 heavy (non-hydrogen) atoms. The Bertz CT molecular complexity index is 353. The average molecular weight is 225 g/mol. The van der Waals surface area contributed by atoms with Crippen LogP contribution in [0.4, 0.5) is 5.82 Å². The molecule has 2 N–H and O–H groups in total. The van der Waals surface area contributed by atoms with Crippen LogP contribution >= 0.6 is 0 Å². The Morgan fingerprint density at radius 3 is 3.19 bits per heavy atom. The molecule has 6 nitrogen and oxygen atoms in total. The zero-order valence-corrected chi connectivity index (χ0v) is 9.14. The van der Waals surface area contributed by atoms with Crippen molar-refractivity contribution in [3.8, 4) is 5.88 Å². The van der Waals surface area contributed by atoms with Crippen molar-refractivity contribution in [1.29, 1.82) is 0 Å². The maximum absolute atomic E-state index is 10.0. The largest absolute Gasteiger partial charge is 0.481 e. The van der Waals surface area contributed by atoms with Gasteiger partial charge in [0.2, 0.25) is 5.88 Å². The molecule has 0 aromatic carbocycles. The molecule has 2 heterocycles. The van der Waals surface area contributed by atoms with Crippen LogP contribution < -0.4 is 10.1 Å². The number of methoxy groups -OCH3 is 1. The Labute approximate surface area is 93.6 Å². The smallest absolute Gasteiger partial charge is 0.218 e. The molecule has 1 saturated heterocycles. The quantitative estimate of drug-likeness (QED) is 0.754. The van der Waals surface area contributed by atoms with Crippen molar-refractivity contribution >= 4 is 5.82 Å². The molecule has 0 radical (unpaired) electrons. The van der Waals surface area contributed by atoms with Crippen molar-refractivity contribution in [2.24, 2.45) is 0 Å². The predicted molar refractivity (Wildman–Crippen MR) is 57.5 cm³/mol. The molecule has 1 atom stereocenters. The first-order chi connectivity index (χ1) is 7.72. The topological polar surface area (TPSA) is 76.5 Å². The van der Waals surface area contributed by atoms with Crippen molar-refractivity contribution in [2.45, 2.75) is 12.0 Å². The second-order valence-corrected chi connectivity index (χ2v) is 3.83. The Morgan fingerprint density at radius 2 is 2.50 bits per heavy atom. The third kappa shape index (κ3) is 2.59. The van der Waals surface area contributed by atoms with Gasteiger partial charge in [0.15, 0.2) is 0 Å².